The van der Waals surface area contributed by atoms with Crippen molar-refractivity contribution in [2.45, 2.75) is 6.54 Å². The lowest BCUT2D eigenvalue weighted by molar-refractivity contribution is 0.0746. The summed E-state index contributed by atoms with van der Waals surface area (Å²) >= 11 is 3.41. The van der Waals surface area contributed by atoms with Crippen molar-refractivity contribution >= 4 is 38.8 Å². The number of aromatic nitrogens is 5. The molecule has 0 saturated carbocycles. The third-order valence-electron chi connectivity index (χ3n) is 5.41. The lowest BCUT2D eigenvalue weighted by Gasteiger charge is -2.35. The number of amides is 1. The number of nitrogens with zero attached hydrogens (tertiary/aromatic N) is 7. The van der Waals surface area contributed by atoms with Gasteiger partial charge in [-0.2, -0.15) is 0 Å². The van der Waals surface area contributed by atoms with E-state index < -0.39 is 0 Å². The van der Waals surface area contributed by atoms with Crippen LogP contribution in [0.3, 0.4) is 0 Å². The quantitative estimate of drug-likeness (QED) is 0.449. The number of fused-ring (bicyclic) bond motifs is 1. The van der Waals surface area contributed by atoms with Crippen molar-refractivity contribution in [3.63, 3.8) is 0 Å². The van der Waals surface area contributed by atoms with Gasteiger partial charge in [0.05, 0.1) is 6.54 Å². The van der Waals surface area contributed by atoms with Crippen molar-refractivity contribution in [1.29, 1.82) is 0 Å². The molecule has 3 heterocycles. The number of anilines is 1. The van der Waals surface area contributed by atoms with Crippen molar-refractivity contribution < 1.29 is 4.79 Å². The molecular formula is C22H20BrN7O. The fourth-order valence-corrected chi connectivity index (χ4v) is 4.03. The molecule has 0 N–H and O–H groups in total. The number of hydrogen-bond donors (Lipinski definition) is 0. The van der Waals surface area contributed by atoms with Gasteiger partial charge in [-0.15, -0.1) is 5.10 Å². The molecule has 0 unspecified atom stereocenters. The summed E-state index contributed by atoms with van der Waals surface area (Å²) in [5.41, 5.74) is 3.23. The summed E-state index contributed by atoms with van der Waals surface area (Å²) < 4.78 is 2.75. The molecule has 0 radical (unpaired) electrons. The maximum absolute atomic E-state index is 12.8. The predicted molar refractivity (Wildman–Crippen MR) is 121 cm³/mol. The van der Waals surface area contributed by atoms with Crippen molar-refractivity contribution in [3.05, 3.63) is 76.5 Å². The van der Waals surface area contributed by atoms with Crippen molar-refractivity contribution in [1.82, 2.24) is 29.9 Å². The molecule has 31 heavy (non-hydrogen) atoms. The first kappa shape index (κ1) is 19.6. The number of carbonyl (C=O) groups is 1. The summed E-state index contributed by atoms with van der Waals surface area (Å²) in [5, 5.41) is 8.67. The summed E-state index contributed by atoms with van der Waals surface area (Å²) in [6.45, 7) is 3.21. The number of rotatable bonds is 4. The largest absolute Gasteiger partial charge is 0.351 e. The summed E-state index contributed by atoms with van der Waals surface area (Å²) in [5.74, 6) is 0.814. The zero-order valence-corrected chi connectivity index (χ0v) is 18.3. The highest BCUT2D eigenvalue weighted by atomic mass is 79.9. The summed E-state index contributed by atoms with van der Waals surface area (Å²) in [6.07, 6.45) is 1.56. The van der Waals surface area contributed by atoms with Gasteiger partial charge in [-0.3, -0.25) is 4.79 Å². The number of benzene rings is 2. The monoisotopic (exact) mass is 477 g/mol. The van der Waals surface area contributed by atoms with Gasteiger partial charge < -0.3 is 9.80 Å². The second kappa shape index (κ2) is 8.43. The second-order valence-electron chi connectivity index (χ2n) is 7.39. The average molecular weight is 478 g/mol. The zero-order chi connectivity index (χ0) is 21.2. The van der Waals surface area contributed by atoms with Crippen LogP contribution >= 0.6 is 15.9 Å². The molecule has 1 fully saturated rings. The van der Waals surface area contributed by atoms with Crippen LogP contribution in [0.1, 0.15) is 15.9 Å². The summed E-state index contributed by atoms with van der Waals surface area (Å²) in [4.78, 5) is 25.7. The van der Waals surface area contributed by atoms with E-state index in [0.29, 0.717) is 49.5 Å². The van der Waals surface area contributed by atoms with Crippen molar-refractivity contribution in [2.75, 3.05) is 31.1 Å². The molecule has 0 bridgehead atoms. The maximum Gasteiger partial charge on any atom is 0.253 e. The highest BCUT2D eigenvalue weighted by Gasteiger charge is 2.25. The minimum atomic E-state index is 0.0498. The molecule has 1 aliphatic heterocycles. The Labute approximate surface area is 187 Å². The number of piperazine rings is 1. The molecule has 1 amide bonds. The van der Waals surface area contributed by atoms with Gasteiger partial charge in [-0.1, -0.05) is 51.5 Å². The maximum atomic E-state index is 12.8. The van der Waals surface area contributed by atoms with E-state index in [-0.39, 0.29) is 5.91 Å². The Kier molecular flexibility index (Phi) is 5.33. The van der Waals surface area contributed by atoms with Gasteiger partial charge >= 0.3 is 0 Å². The van der Waals surface area contributed by atoms with E-state index >= 15 is 0 Å². The van der Waals surface area contributed by atoms with Crippen LogP contribution in [0, 0.1) is 0 Å². The van der Waals surface area contributed by atoms with Gasteiger partial charge in [-0.05, 0) is 29.8 Å². The van der Waals surface area contributed by atoms with Gasteiger partial charge in [0.15, 0.2) is 17.0 Å². The molecule has 4 aromatic rings. The molecule has 5 rings (SSSR count). The summed E-state index contributed by atoms with van der Waals surface area (Å²) in [6, 6.07) is 17.6. The molecule has 1 aliphatic rings. The highest BCUT2D eigenvalue weighted by Crippen LogP contribution is 2.23. The lowest BCUT2D eigenvalue weighted by atomic mass is 10.2. The Hall–Kier alpha value is -3.33. The Morgan fingerprint density at radius 3 is 2.42 bits per heavy atom. The molecule has 0 atom stereocenters. The molecule has 1 saturated heterocycles. The lowest BCUT2D eigenvalue weighted by Crippen LogP contribution is -2.49. The Morgan fingerprint density at radius 1 is 0.935 bits per heavy atom. The third-order valence-corrected chi connectivity index (χ3v) is 5.94. The first-order chi connectivity index (χ1) is 15.2. The minimum Gasteiger partial charge on any atom is -0.351 e. The zero-order valence-electron chi connectivity index (χ0n) is 16.7. The third kappa shape index (κ3) is 4.00. The molecule has 0 spiro atoms. The molecular weight excluding hydrogens is 458 g/mol. The van der Waals surface area contributed by atoms with E-state index in [9.17, 15) is 4.79 Å². The topological polar surface area (TPSA) is 80.0 Å². The van der Waals surface area contributed by atoms with Crippen LogP contribution in [-0.4, -0.2) is 61.9 Å². The minimum absolute atomic E-state index is 0.0498. The summed E-state index contributed by atoms with van der Waals surface area (Å²) in [7, 11) is 0. The highest BCUT2D eigenvalue weighted by molar-refractivity contribution is 9.10. The van der Waals surface area contributed by atoms with Crippen LogP contribution < -0.4 is 4.90 Å². The van der Waals surface area contributed by atoms with Gasteiger partial charge in [0.25, 0.3) is 5.91 Å². The molecule has 0 aliphatic carbocycles. The van der Waals surface area contributed by atoms with Crippen LogP contribution in [0.25, 0.3) is 11.2 Å². The average Bonchev–Trinajstić information content (AvgIpc) is 3.23. The number of hydrogen-bond acceptors (Lipinski definition) is 6. The van der Waals surface area contributed by atoms with Crippen LogP contribution in [0.5, 0.6) is 0 Å². The van der Waals surface area contributed by atoms with E-state index in [1.807, 2.05) is 47.4 Å². The van der Waals surface area contributed by atoms with E-state index in [1.54, 1.807) is 11.0 Å². The van der Waals surface area contributed by atoms with Gasteiger partial charge in [0, 0.05) is 36.2 Å². The molecule has 2 aromatic carbocycles. The van der Waals surface area contributed by atoms with Crippen molar-refractivity contribution in [3.8, 4) is 0 Å². The Bertz CT molecular complexity index is 1200. The number of halogens is 1. The van der Waals surface area contributed by atoms with E-state index in [0.717, 1.165) is 15.9 Å². The van der Waals surface area contributed by atoms with Crippen LogP contribution in [0.4, 0.5) is 5.82 Å². The van der Waals surface area contributed by atoms with Gasteiger partial charge in [0.2, 0.25) is 0 Å². The van der Waals surface area contributed by atoms with Crippen molar-refractivity contribution in [2.24, 2.45) is 0 Å². The van der Waals surface area contributed by atoms with Crippen LogP contribution in [-0.2, 0) is 6.54 Å². The standard InChI is InChI=1S/C22H20BrN7O/c23-18-8-6-17(7-9-18)22(31)29-12-10-28(11-13-29)20-19-21(25-15-24-20)30(27-26-19)14-16-4-2-1-3-5-16/h1-9,15H,10-14H2. The smallest absolute Gasteiger partial charge is 0.253 e. The fourth-order valence-electron chi connectivity index (χ4n) is 3.77. The van der Waals surface area contributed by atoms with Gasteiger partial charge in [0.1, 0.15) is 6.33 Å². The SMILES string of the molecule is O=C(c1ccc(Br)cc1)N1CCN(c2ncnc3c2nnn3Cc2ccccc2)CC1. The molecule has 156 valence electrons. The normalized spacial score (nSPS) is 14.2. The van der Waals surface area contributed by atoms with E-state index in [4.69, 9.17) is 0 Å². The molecule has 9 heteroatoms. The van der Waals surface area contributed by atoms with Crippen LogP contribution in [0.15, 0.2) is 65.4 Å². The number of carbonyl (C=O) groups excluding carboxylic acids is 1. The molecule has 8 nitrogen and oxygen atoms in total. The van der Waals surface area contributed by atoms with Crippen LogP contribution in [0.2, 0.25) is 0 Å². The first-order valence-corrected chi connectivity index (χ1v) is 10.9. The van der Waals surface area contributed by atoms with E-state index in [1.165, 1.54) is 0 Å². The first-order valence-electron chi connectivity index (χ1n) is 10.1. The fraction of sp³-hybridized carbons (Fsp3) is 0.227. The van der Waals surface area contributed by atoms with E-state index in [2.05, 4.69) is 53.2 Å². The Morgan fingerprint density at radius 2 is 1.68 bits per heavy atom. The second-order valence-corrected chi connectivity index (χ2v) is 8.30. The Balaban J connectivity index is 1.32. The molecule has 2 aromatic heterocycles. The van der Waals surface area contributed by atoms with Gasteiger partial charge in [-0.25, -0.2) is 14.6 Å². The predicted octanol–water partition coefficient (Wildman–Crippen LogP) is 2.99.